The highest BCUT2D eigenvalue weighted by molar-refractivity contribution is 6.31. The topological polar surface area (TPSA) is 93.6 Å². The van der Waals surface area contributed by atoms with E-state index in [9.17, 15) is 23.2 Å². The van der Waals surface area contributed by atoms with Crippen LogP contribution in [0.15, 0.2) is 54.5 Å². The minimum Gasteiger partial charge on any atom is -0.360 e. The summed E-state index contributed by atoms with van der Waals surface area (Å²) >= 11 is 5.54. The SMILES string of the molecule is N#C/C(=C/Nc1ccc2nc[nH]c2c1)C(=O)Nc1ccc(Cl)c(C(F)(F)F)c1. The van der Waals surface area contributed by atoms with E-state index < -0.39 is 22.7 Å². The van der Waals surface area contributed by atoms with Gasteiger partial charge in [-0.15, -0.1) is 0 Å². The van der Waals surface area contributed by atoms with Gasteiger partial charge in [-0.2, -0.15) is 18.4 Å². The summed E-state index contributed by atoms with van der Waals surface area (Å²) in [5, 5.41) is 13.7. The number of hydrogen-bond donors (Lipinski definition) is 3. The molecule has 10 heteroatoms. The van der Waals surface area contributed by atoms with Crippen molar-refractivity contribution in [1.82, 2.24) is 9.97 Å². The quantitative estimate of drug-likeness (QED) is 0.433. The third kappa shape index (κ3) is 4.24. The summed E-state index contributed by atoms with van der Waals surface area (Å²) < 4.78 is 38.7. The first kappa shape index (κ1) is 19.3. The minimum atomic E-state index is -4.67. The number of anilines is 2. The maximum Gasteiger partial charge on any atom is 0.417 e. The smallest absolute Gasteiger partial charge is 0.360 e. The highest BCUT2D eigenvalue weighted by Gasteiger charge is 2.33. The van der Waals surface area contributed by atoms with Gasteiger partial charge in [-0.3, -0.25) is 4.79 Å². The van der Waals surface area contributed by atoms with Crippen LogP contribution in [0.3, 0.4) is 0 Å². The Bertz CT molecular complexity index is 1110. The van der Waals surface area contributed by atoms with Crippen molar-refractivity contribution in [3.8, 4) is 6.07 Å². The van der Waals surface area contributed by atoms with Crippen molar-refractivity contribution in [3.63, 3.8) is 0 Å². The molecule has 0 saturated carbocycles. The van der Waals surface area contributed by atoms with E-state index in [-0.39, 0.29) is 11.3 Å². The van der Waals surface area contributed by atoms with E-state index in [0.717, 1.165) is 23.3 Å². The van der Waals surface area contributed by atoms with Crippen molar-refractivity contribution in [1.29, 1.82) is 5.26 Å². The number of aromatic amines is 1. The van der Waals surface area contributed by atoms with Gasteiger partial charge < -0.3 is 15.6 Å². The summed E-state index contributed by atoms with van der Waals surface area (Å²) in [6.07, 6.45) is -1.98. The Balaban J connectivity index is 1.76. The second-order valence-corrected chi connectivity index (χ2v) is 6.00. The molecule has 6 nitrogen and oxygen atoms in total. The summed E-state index contributed by atoms with van der Waals surface area (Å²) in [5.74, 6) is -0.868. The van der Waals surface area contributed by atoms with Crippen LogP contribution in [0.2, 0.25) is 5.02 Å². The van der Waals surface area contributed by atoms with Gasteiger partial charge in [0.15, 0.2) is 0 Å². The second-order valence-electron chi connectivity index (χ2n) is 5.60. The zero-order chi connectivity index (χ0) is 20.3. The predicted molar refractivity (Wildman–Crippen MR) is 98.5 cm³/mol. The summed E-state index contributed by atoms with van der Waals surface area (Å²) in [7, 11) is 0. The highest BCUT2D eigenvalue weighted by Crippen LogP contribution is 2.36. The number of aromatic nitrogens is 2. The lowest BCUT2D eigenvalue weighted by atomic mass is 10.2. The molecule has 3 rings (SSSR count). The fraction of sp³-hybridized carbons (Fsp3) is 0.0556. The summed E-state index contributed by atoms with van der Waals surface area (Å²) in [5.41, 5.74) is 0.539. The summed E-state index contributed by atoms with van der Waals surface area (Å²) in [6.45, 7) is 0. The molecule has 0 saturated heterocycles. The van der Waals surface area contributed by atoms with Crippen molar-refractivity contribution in [2.24, 2.45) is 0 Å². The highest BCUT2D eigenvalue weighted by atomic mass is 35.5. The molecule has 0 spiro atoms. The normalized spacial score (nSPS) is 11.9. The van der Waals surface area contributed by atoms with Crippen molar-refractivity contribution >= 4 is 39.9 Å². The van der Waals surface area contributed by atoms with Gasteiger partial charge in [-0.05, 0) is 36.4 Å². The number of imidazole rings is 1. The third-order valence-corrected chi connectivity index (χ3v) is 4.03. The summed E-state index contributed by atoms with van der Waals surface area (Å²) in [4.78, 5) is 19.2. The monoisotopic (exact) mass is 405 g/mol. The van der Waals surface area contributed by atoms with Gasteiger partial charge in [0.25, 0.3) is 5.91 Å². The molecule has 0 atom stereocenters. The van der Waals surface area contributed by atoms with Crippen molar-refractivity contribution in [2.45, 2.75) is 6.18 Å². The fourth-order valence-corrected chi connectivity index (χ4v) is 2.57. The van der Waals surface area contributed by atoms with Gasteiger partial charge in [0.2, 0.25) is 0 Å². The number of halogens is 4. The number of nitrogens with one attached hydrogen (secondary N) is 3. The minimum absolute atomic E-state index is 0.137. The molecule has 1 aromatic heterocycles. The van der Waals surface area contributed by atoms with Gasteiger partial charge >= 0.3 is 6.18 Å². The molecule has 0 aliphatic rings. The zero-order valence-corrected chi connectivity index (χ0v) is 14.7. The zero-order valence-electron chi connectivity index (χ0n) is 13.9. The number of carbonyl (C=O) groups is 1. The van der Waals surface area contributed by atoms with Crippen LogP contribution in [0.4, 0.5) is 24.5 Å². The molecule has 1 heterocycles. The molecule has 142 valence electrons. The first-order valence-corrected chi connectivity index (χ1v) is 8.14. The molecule has 0 unspecified atom stereocenters. The molecule has 3 aromatic rings. The van der Waals surface area contributed by atoms with E-state index in [1.165, 1.54) is 12.4 Å². The maximum absolute atomic E-state index is 12.9. The number of nitriles is 1. The third-order valence-electron chi connectivity index (χ3n) is 3.70. The lowest BCUT2D eigenvalue weighted by molar-refractivity contribution is -0.137. The molecule has 0 fully saturated rings. The van der Waals surface area contributed by atoms with Gasteiger partial charge in [-0.25, -0.2) is 4.98 Å². The van der Waals surface area contributed by atoms with Gasteiger partial charge in [0.1, 0.15) is 11.6 Å². The van der Waals surface area contributed by atoms with Crippen LogP contribution in [0.1, 0.15) is 5.56 Å². The van der Waals surface area contributed by atoms with Crippen LogP contribution in [-0.4, -0.2) is 15.9 Å². The summed E-state index contributed by atoms with van der Waals surface area (Å²) in [6, 6.07) is 9.79. The van der Waals surface area contributed by atoms with Crippen molar-refractivity contribution < 1.29 is 18.0 Å². The second kappa shape index (κ2) is 7.62. The molecule has 0 aliphatic carbocycles. The van der Waals surface area contributed by atoms with E-state index in [4.69, 9.17) is 11.6 Å². The van der Waals surface area contributed by atoms with Crippen molar-refractivity contribution in [2.75, 3.05) is 10.6 Å². The van der Waals surface area contributed by atoms with E-state index in [2.05, 4.69) is 20.6 Å². The standard InChI is InChI=1S/C18H11ClF3N5O/c19-14-3-1-12(5-13(14)18(20,21)22)27-17(28)10(7-23)8-24-11-2-4-15-16(6-11)26-9-25-15/h1-6,8-9,24H,(H,25,26)(H,27,28)/b10-8-. The lowest BCUT2D eigenvalue weighted by Crippen LogP contribution is -2.15. The molecule has 1 amide bonds. The van der Waals surface area contributed by atoms with Gasteiger partial charge in [0, 0.05) is 17.6 Å². The van der Waals surface area contributed by atoms with E-state index in [1.807, 2.05) is 0 Å². The number of rotatable bonds is 4. The average Bonchev–Trinajstić information content (AvgIpc) is 3.10. The van der Waals surface area contributed by atoms with E-state index in [1.54, 1.807) is 24.3 Å². The Morgan fingerprint density at radius 3 is 2.68 bits per heavy atom. The molecular weight excluding hydrogens is 395 g/mol. The number of alkyl halides is 3. The molecule has 2 aromatic carbocycles. The molecule has 3 N–H and O–H groups in total. The van der Waals surface area contributed by atoms with Crippen LogP contribution < -0.4 is 10.6 Å². The largest absolute Gasteiger partial charge is 0.417 e. The van der Waals surface area contributed by atoms with E-state index in [0.29, 0.717) is 11.8 Å². The average molecular weight is 406 g/mol. The number of fused-ring (bicyclic) bond motifs is 1. The number of hydrogen-bond acceptors (Lipinski definition) is 4. The van der Waals surface area contributed by atoms with Gasteiger partial charge in [-0.1, -0.05) is 11.6 Å². The Labute approximate surface area is 161 Å². The number of H-pyrrole nitrogens is 1. The Morgan fingerprint density at radius 2 is 1.96 bits per heavy atom. The molecule has 0 bridgehead atoms. The predicted octanol–water partition coefficient (Wildman–Crippen LogP) is 4.69. The van der Waals surface area contributed by atoms with Crippen LogP contribution in [-0.2, 0) is 11.0 Å². The van der Waals surface area contributed by atoms with Gasteiger partial charge in [0.05, 0.1) is 27.9 Å². The maximum atomic E-state index is 12.9. The lowest BCUT2D eigenvalue weighted by Gasteiger charge is -2.11. The number of nitrogens with zero attached hydrogens (tertiary/aromatic N) is 2. The molecular formula is C18H11ClF3N5O. The number of carbonyl (C=O) groups excluding carboxylic acids is 1. The molecule has 28 heavy (non-hydrogen) atoms. The van der Waals surface area contributed by atoms with Crippen LogP contribution >= 0.6 is 11.6 Å². The van der Waals surface area contributed by atoms with Crippen LogP contribution in [0, 0.1) is 11.3 Å². The molecule has 0 radical (unpaired) electrons. The Kier molecular flexibility index (Phi) is 5.24. The number of amides is 1. The van der Waals surface area contributed by atoms with E-state index >= 15 is 0 Å². The van der Waals surface area contributed by atoms with Crippen molar-refractivity contribution in [3.05, 3.63) is 65.1 Å². The van der Waals surface area contributed by atoms with Crippen LogP contribution in [0.5, 0.6) is 0 Å². The first-order valence-electron chi connectivity index (χ1n) is 7.76. The Morgan fingerprint density at radius 1 is 1.21 bits per heavy atom. The fourth-order valence-electron chi connectivity index (χ4n) is 2.35. The Hall–Kier alpha value is -3.51. The van der Waals surface area contributed by atoms with Crippen LogP contribution in [0.25, 0.3) is 11.0 Å². The molecule has 0 aliphatic heterocycles. The number of benzene rings is 2. The first-order chi connectivity index (χ1) is 13.3.